The molecule has 30 heavy (non-hydrogen) atoms. The van der Waals surface area contributed by atoms with Crippen LogP contribution < -0.4 is 4.90 Å². The molecule has 0 radical (unpaired) electrons. The summed E-state index contributed by atoms with van der Waals surface area (Å²) in [7, 11) is 0. The molecule has 8 heteroatoms. The summed E-state index contributed by atoms with van der Waals surface area (Å²) in [4.78, 5) is 20.7. The number of carbonyl (C=O) groups is 1. The third-order valence-corrected chi connectivity index (χ3v) is 6.05. The van der Waals surface area contributed by atoms with Crippen molar-refractivity contribution in [1.29, 1.82) is 0 Å². The van der Waals surface area contributed by atoms with Gasteiger partial charge in [0.05, 0.1) is 0 Å². The molecule has 6 nitrogen and oxygen atoms in total. The van der Waals surface area contributed by atoms with E-state index < -0.39 is 0 Å². The van der Waals surface area contributed by atoms with E-state index in [-0.39, 0.29) is 17.8 Å². The lowest BCUT2D eigenvalue weighted by atomic mass is 10.0. The van der Waals surface area contributed by atoms with Crippen LogP contribution in [0.2, 0.25) is 5.15 Å². The second-order valence-corrected chi connectivity index (χ2v) is 8.03. The molecule has 0 unspecified atom stereocenters. The lowest BCUT2D eigenvalue weighted by molar-refractivity contribution is -0.132. The molecule has 3 aromatic rings. The minimum absolute atomic E-state index is 0.0260. The van der Waals surface area contributed by atoms with Crippen LogP contribution in [0.3, 0.4) is 0 Å². The van der Waals surface area contributed by atoms with Gasteiger partial charge in [0, 0.05) is 55.8 Å². The zero-order chi connectivity index (χ0) is 21.3. The molecule has 0 bridgehead atoms. The topological polar surface area (TPSA) is 62.2 Å². The summed E-state index contributed by atoms with van der Waals surface area (Å²) in [5.74, 6) is 0.535. The van der Waals surface area contributed by atoms with Gasteiger partial charge in [-0.15, -0.1) is 10.2 Å². The average molecular weight is 428 g/mol. The lowest BCUT2D eigenvalue weighted by Gasteiger charge is -2.39. The highest BCUT2D eigenvalue weighted by Crippen LogP contribution is 2.30. The maximum atomic E-state index is 13.4. The van der Waals surface area contributed by atoms with Gasteiger partial charge in [0.2, 0.25) is 5.91 Å². The van der Waals surface area contributed by atoms with Crippen molar-refractivity contribution in [3.8, 4) is 0 Å². The van der Waals surface area contributed by atoms with E-state index in [2.05, 4.69) is 20.1 Å². The van der Waals surface area contributed by atoms with Crippen molar-refractivity contribution in [3.63, 3.8) is 0 Å². The van der Waals surface area contributed by atoms with E-state index >= 15 is 0 Å². The number of fused-ring (bicyclic) bond motifs is 1. The van der Waals surface area contributed by atoms with Crippen molar-refractivity contribution in [2.24, 2.45) is 0 Å². The van der Waals surface area contributed by atoms with Crippen LogP contribution in [0.25, 0.3) is 10.8 Å². The van der Waals surface area contributed by atoms with Gasteiger partial charge < -0.3 is 9.80 Å². The number of pyridine rings is 1. The number of anilines is 1. The monoisotopic (exact) mass is 427 g/mol. The van der Waals surface area contributed by atoms with Gasteiger partial charge in [0.1, 0.15) is 5.82 Å². The Hall–Kier alpha value is -2.80. The molecule has 1 fully saturated rings. The molecule has 156 valence electrons. The van der Waals surface area contributed by atoms with Gasteiger partial charge in [-0.3, -0.25) is 9.78 Å². The van der Waals surface area contributed by atoms with Crippen molar-refractivity contribution in [1.82, 2.24) is 20.1 Å². The Kier molecular flexibility index (Phi) is 5.81. The van der Waals surface area contributed by atoms with Crippen LogP contribution in [0.1, 0.15) is 30.9 Å². The fourth-order valence-corrected chi connectivity index (χ4v) is 4.29. The van der Waals surface area contributed by atoms with Gasteiger partial charge in [-0.25, -0.2) is 4.39 Å². The van der Waals surface area contributed by atoms with E-state index in [0.29, 0.717) is 11.7 Å². The molecule has 1 aliphatic heterocycles. The summed E-state index contributed by atoms with van der Waals surface area (Å²) in [5, 5.41) is 10.5. The zero-order valence-electron chi connectivity index (χ0n) is 17.0. The second kappa shape index (κ2) is 8.52. The fourth-order valence-electron chi connectivity index (χ4n) is 4.09. The highest BCUT2D eigenvalue weighted by molar-refractivity contribution is 6.34. The summed E-state index contributed by atoms with van der Waals surface area (Å²) in [6.45, 7) is 5.45. The van der Waals surface area contributed by atoms with Gasteiger partial charge >= 0.3 is 0 Å². The number of carbonyl (C=O) groups excluding carboxylic acids is 1. The average Bonchev–Trinajstić information content (AvgIpc) is 2.74. The number of benzene rings is 1. The summed E-state index contributed by atoms with van der Waals surface area (Å²) in [6, 6.07) is 6.67. The highest BCUT2D eigenvalue weighted by atomic mass is 35.5. The summed E-state index contributed by atoms with van der Waals surface area (Å²) >= 11 is 6.18. The predicted octanol–water partition coefficient (Wildman–Crippen LogP) is 4.14. The smallest absolute Gasteiger partial charge is 0.219 e. The van der Waals surface area contributed by atoms with Crippen LogP contribution >= 0.6 is 11.6 Å². The fraction of sp³-hybridized carbons (Fsp3) is 0.364. The van der Waals surface area contributed by atoms with Crippen LogP contribution in [0.5, 0.6) is 0 Å². The first-order chi connectivity index (χ1) is 14.4. The standard InChI is InChI=1S/C22H23ClFN5O/c1-14-11-17(24)4-3-16(14)13-29(15(2)30)18-6-9-28(10-7-18)22-20-12-25-8-5-19(20)21(23)26-27-22/h3-5,8,11-12,18H,6-7,9-10,13H2,1-2H3. The Morgan fingerprint density at radius 1 is 1.23 bits per heavy atom. The SMILES string of the molecule is CC(=O)N(Cc1ccc(F)cc1C)C1CCN(c2nnc(Cl)c3ccncc23)CC1. The minimum Gasteiger partial charge on any atom is -0.354 e. The molecule has 1 aromatic carbocycles. The molecule has 0 atom stereocenters. The molecule has 1 saturated heterocycles. The summed E-state index contributed by atoms with van der Waals surface area (Å²) in [5.41, 5.74) is 1.82. The molecule has 0 spiro atoms. The third kappa shape index (κ3) is 4.07. The Morgan fingerprint density at radius 3 is 2.70 bits per heavy atom. The molecular weight excluding hydrogens is 405 g/mol. The number of rotatable bonds is 4. The van der Waals surface area contributed by atoms with Crippen molar-refractivity contribution in [3.05, 3.63) is 58.8 Å². The van der Waals surface area contributed by atoms with Crippen molar-refractivity contribution in [2.75, 3.05) is 18.0 Å². The number of amides is 1. The maximum Gasteiger partial charge on any atom is 0.219 e. The maximum absolute atomic E-state index is 13.4. The molecule has 2 aromatic heterocycles. The summed E-state index contributed by atoms with van der Waals surface area (Å²) in [6.07, 6.45) is 5.07. The van der Waals surface area contributed by atoms with E-state index in [1.165, 1.54) is 12.1 Å². The van der Waals surface area contributed by atoms with Crippen molar-refractivity contribution in [2.45, 2.75) is 39.3 Å². The Labute approximate surface area is 179 Å². The molecule has 1 aliphatic rings. The van der Waals surface area contributed by atoms with Crippen LogP contribution in [0, 0.1) is 12.7 Å². The molecule has 0 aliphatic carbocycles. The van der Waals surface area contributed by atoms with Crippen LogP contribution in [-0.2, 0) is 11.3 Å². The highest BCUT2D eigenvalue weighted by Gasteiger charge is 2.28. The molecule has 3 heterocycles. The van der Waals surface area contributed by atoms with Gasteiger partial charge in [0.25, 0.3) is 0 Å². The first-order valence-electron chi connectivity index (χ1n) is 9.97. The number of nitrogens with zero attached hydrogens (tertiary/aromatic N) is 5. The molecule has 1 amide bonds. The normalized spacial score (nSPS) is 14.9. The van der Waals surface area contributed by atoms with E-state index in [0.717, 1.165) is 53.6 Å². The number of hydrogen-bond acceptors (Lipinski definition) is 5. The number of aryl methyl sites for hydroxylation is 1. The molecular formula is C22H23ClFN5O. The first-order valence-corrected chi connectivity index (χ1v) is 10.3. The van der Waals surface area contributed by atoms with Gasteiger partial charge in [-0.1, -0.05) is 17.7 Å². The Bertz CT molecular complexity index is 1080. The van der Waals surface area contributed by atoms with Gasteiger partial charge in [0.15, 0.2) is 11.0 Å². The van der Waals surface area contributed by atoms with Gasteiger partial charge in [-0.05, 0) is 49.1 Å². The van der Waals surface area contributed by atoms with Crippen LogP contribution in [0.15, 0.2) is 36.7 Å². The Morgan fingerprint density at radius 2 is 2.00 bits per heavy atom. The second-order valence-electron chi connectivity index (χ2n) is 7.67. The number of piperidine rings is 1. The minimum atomic E-state index is -0.260. The van der Waals surface area contributed by atoms with Gasteiger partial charge in [-0.2, -0.15) is 0 Å². The van der Waals surface area contributed by atoms with E-state index in [1.807, 2.05) is 17.9 Å². The molecule has 0 saturated carbocycles. The van der Waals surface area contributed by atoms with E-state index in [4.69, 9.17) is 11.6 Å². The number of aromatic nitrogens is 3. The van der Waals surface area contributed by atoms with Crippen molar-refractivity contribution >= 4 is 34.1 Å². The lowest BCUT2D eigenvalue weighted by Crippen LogP contribution is -2.46. The molecule has 4 rings (SSSR count). The summed E-state index contributed by atoms with van der Waals surface area (Å²) < 4.78 is 13.4. The van der Waals surface area contributed by atoms with E-state index in [9.17, 15) is 9.18 Å². The zero-order valence-corrected chi connectivity index (χ0v) is 17.7. The third-order valence-electron chi connectivity index (χ3n) is 5.77. The molecule has 0 N–H and O–H groups in total. The van der Waals surface area contributed by atoms with Crippen LogP contribution in [-0.4, -0.2) is 45.1 Å². The van der Waals surface area contributed by atoms with Crippen molar-refractivity contribution < 1.29 is 9.18 Å². The predicted molar refractivity (Wildman–Crippen MR) is 115 cm³/mol. The largest absolute Gasteiger partial charge is 0.354 e. The first kappa shape index (κ1) is 20.5. The number of hydrogen-bond donors (Lipinski definition) is 0. The number of halogens is 2. The van der Waals surface area contributed by atoms with Crippen LogP contribution in [0.4, 0.5) is 10.2 Å². The Balaban J connectivity index is 1.50. The quantitative estimate of drug-likeness (QED) is 0.626. The van der Waals surface area contributed by atoms with E-state index in [1.54, 1.807) is 25.4 Å².